The van der Waals surface area contributed by atoms with E-state index in [1.54, 1.807) is 70.7 Å². The van der Waals surface area contributed by atoms with E-state index in [9.17, 15) is 25.7 Å². The zero-order valence-corrected chi connectivity index (χ0v) is 32.0. The molecule has 4 N–H and O–H groups in total. The number of carbonyl (C=O) groups is 4. The van der Waals surface area contributed by atoms with Gasteiger partial charge in [-0.1, -0.05) is 85.1 Å². The molecule has 1 heterocycles. The van der Waals surface area contributed by atoms with Gasteiger partial charge in [0, 0.05) is 37.4 Å². The van der Waals surface area contributed by atoms with Crippen LogP contribution in [-0.4, -0.2) is 116 Å². The first-order valence-corrected chi connectivity index (χ1v) is 17.9. The van der Waals surface area contributed by atoms with Crippen molar-refractivity contribution in [1.29, 1.82) is 0 Å². The molecule has 1 unspecified atom stereocenters. The summed E-state index contributed by atoms with van der Waals surface area (Å²) in [5, 5.41) is 18.5. The van der Waals surface area contributed by atoms with E-state index in [1.165, 1.54) is 28.3 Å². The van der Waals surface area contributed by atoms with E-state index in [2.05, 4.69) is 16.0 Å². The minimum absolute atomic E-state index is 0.322. The number of ether oxygens (including phenoxy) is 2. The van der Waals surface area contributed by atoms with E-state index in [4.69, 9.17) is 19.1 Å². The maximum atomic E-state index is 14.7. The van der Waals surface area contributed by atoms with Gasteiger partial charge in [-0.3, -0.25) is 19.2 Å². The van der Waals surface area contributed by atoms with Crippen LogP contribution in [0.4, 0.5) is 0 Å². The zero-order chi connectivity index (χ0) is 45.4. The maximum absolute atomic E-state index is 14.7. The van der Waals surface area contributed by atoms with Crippen molar-refractivity contribution >= 4 is 23.6 Å². The summed E-state index contributed by atoms with van der Waals surface area (Å²) in [6.45, 7) is 2.96. The standard InChI is InChI=1S/C39H67N5O7/c1-13-25(6)34(43(10)39(49)33(24(4)5)42-38(48)32(40-9)23(2)3)30(50-11)22-31(45)44-21-17-20-29(44)36(51-12)26(7)37(47)41-27(8)35(46)28-18-15-14-16-19-28/h14-16,18-19,23-27,29-30,32-36,40,46H,13,17,20-22H2,1-12H3,(H,41,47)(H,42,48)/t25-,26+,27+,29-,30+,32-,33?,34-,35+,36+/m0/s1/i4D3,5D3,24D,33D. The molecule has 0 aliphatic carbocycles. The molecule has 2 rings (SSSR count). The lowest BCUT2D eigenvalue weighted by atomic mass is 9.89. The van der Waals surface area contributed by atoms with Crippen LogP contribution in [0.3, 0.4) is 0 Å². The number of nitrogens with zero attached hydrogens (tertiary/aromatic N) is 2. The summed E-state index contributed by atoms with van der Waals surface area (Å²) in [6, 6.07) is 1.96. The first-order chi connectivity index (χ1) is 27.2. The Hall–Kier alpha value is -3.06. The monoisotopic (exact) mass is 726 g/mol. The molecule has 1 saturated heterocycles. The van der Waals surface area contributed by atoms with Crippen molar-refractivity contribution < 1.29 is 44.7 Å². The molecule has 1 aliphatic rings. The van der Waals surface area contributed by atoms with Crippen molar-refractivity contribution in [2.45, 2.75) is 129 Å². The number of likely N-dealkylation sites (tertiary alicyclic amines) is 1. The molecule has 0 bridgehead atoms. The Labute approximate surface area is 318 Å². The quantitative estimate of drug-likeness (QED) is 0.160. The van der Waals surface area contributed by atoms with Crippen molar-refractivity contribution in [3.8, 4) is 0 Å². The second-order valence-electron chi connectivity index (χ2n) is 14.0. The minimum Gasteiger partial charge on any atom is -0.386 e. The molecule has 1 aromatic carbocycles. The molecule has 1 aliphatic heterocycles. The van der Waals surface area contributed by atoms with E-state index in [1.807, 2.05) is 6.07 Å². The van der Waals surface area contributed by atoms with Gasteiger partial charge < -0.3 is 40.3 Å². The molecule has 10 atom stereocenters. The molecule has 51 heavy (non-hydrogen) atoms. The molecule has 12 nitrogen and oxygen atoms in total. The van der Waals surface area contributed by atoms with Crippen LogP contribution < -0.4 is 16.0 Å². The van der Waals surface area contributed by atoms with Crippen molar-refractivity contribution in [3.05, 3.63) is 35.9 Å². The van der Waals surface area contributed by atoms with Crippen LogP contribution in [0.5, 0.6) is 0 Å². The highest BCUT2D eigenvalue weighted by molar-refractivity contribution is 5.90. The van der Waals surface area contributed by atoms with Gasteiger partial charge in [0.25, 0.3) is 0 Å². The topological polar surface area (TPSA) is 150 Å². The summed E-state index contributed by atoms with van der Waals surface area (Å²) in [6.07, 6.45) is -1.65. The summed E-state index contributed by atoms with van der Waals surface area (Å²) >= 11 is 0. The van der Waals surface area contributed by atoms with E-state index >= 15 is 0 Å². The van der Waals surface area contributed by atoms with E-state index in [-0.39, 0.29) is 12.3 Å². The Morgan fingerprint density at radius 3 is 2.22 bits per heavy atom. The van der Waals surface area contributed by atoms with Crippen LogP contribution in [0.25, 0.3) is 0 Å². The highest BCUT2D eigenvalue weighted by Crippen LogP contribution is 2.30. The van der Waals surface area contributed by atoms with Gasteiger partial charge >= 0.3 is 0 Å². The lowest BCUT2D eigenvalue weighted by Gasteiger charge is -2.41. The van der Waals surface area contributed by atoms with Crippen molar-refractivity contribution in [3.63, 3.8) is 0 Å². The van der Waals surface area contributed by atoms with Gasteiger partial charge in [-0.25, -0.2) is 0 Å². The minimum atomic E-state index is -3.86. The molecular weight excluding hydrogens is 650 g/mol. The largest absolute Gasteiger partial charge is 0.386 e. The third kappa shape index (κ3) is 11.5. The summed E-state index contributed by atoms with van der Waals surface area (Å²) in [4.78, 5) is 58.7. The van der Waals surface area contributed by atoms with Crippen LogP contribution >= 0.6 is 0 Å². The number of methoxy groups -OCH3 is 2. The molecule has 4 amide bonds. The lowest BCUT2D eigenvalue weighted by Crippen LogP contribution is -2.59. The average molecular weight is 726 g/mol. The average Bonchev–Trinajstić information content (AvgIpc) is 3.65. The molecule has 290 valence electrons. The zero-order valence-electron chi connectivity index (χ0n) is 40.0. The van der Waals surface area contributed by atoms with Gasteiger partial charge in [0.15, 0.2) is 0 Å². The smallest absolute Gasteiger partial charge is 0.245 e. The van der Waals surface area contributed by atoms with Crippen molar-refractivity contribution in [2.24, 2.45) is 23.6 Å². The predicted molar refractivity (Wildman–Crippen MR) is 200 cm³/mol. The molecular formula is C39H67N5O7. The Balaban J connectivity index is 2.51. The molecule has 0 spiro atoms. The van der Waals surface area contributed by atoms with Gasteiger partial charge in [0.2, 0.25) is 23.6 Å². The Morgan fingerprint density at radius 1 is 1.04 bits per heavy atom. The van der Waals surface area contributed by atoms with Gasteiger partial charge in [-0.05, 0) is 50.1 Å². The molecule has 0 aromatic heterocycles. The number of likely N-dealkylation sites (N-methyl/N-ethyl adjacent to an activating group) is 2. The fourth-order valence-electron chi connectivity index (χ4n) is 7.04. The fourth-order valence-corrected chi connectivity index (χ4v) is 7.04. The number of amides is 4. The van der Waals surface area contributed by atoms with Crippen LogP contribution in [0.2, 0.25) is 0 Å². The second-order valence-corrected chi connectivity index (χ2v) is 14.0. The summed E-state index contributed by atoms with van der Waals surface area (Å²) in [5.74, 6) is -8.90. The fraction of sp³-hybridized carbons (Fsp3) is 0.744. The molecule has 1 aromatic rings. The SMILES string of the molecule is [2H]C([2H])([2H])C([2H])(C([2H])([2H])[2H])C([2H])(NC(=O)[C@@H](NC)C(C)C)C(=O)N(C)[C@@H]([C@@H](C)CC)[C@@H](CC(=O)N1CCC[C@H]1[C@H](OC)[C@@H](C)C(=O)N[C@H](C)[C@@H](O)c1ccccc1)OC. The van der Waals surface area contributed by atoms with Crippen LogP contribution in [-0.2, 0) is 28.7 Å². The lowest BCUT2D eigenvalue weighted by molar-refractivity contribution is -0.148. The van der Waals surface area contributed by atoms with Crippen molar-refractivity contribution in [1.82, 2.24) is 25.8 Å². The predicted octanol–water partition coefficient (Wildman–Crippen LogP) is 3.53. The molecule has 12 heteroatoms. The molecule has 0 radical (unpaired) electrons. The third-order valence-corrected chi connectivity index (χ3v) is 10.2. The number of rotatable bonds is 20. The highest BCUT2D eigenvalue weighted by Gasteiger charge is 2.43. The molecule has 1 fully saturated rings. The van der Waals surface area contributed by atoms with Gasteiger partial charge in [0.1, 0.15) is 6.02 Å². The van der Waals surface area contributed by atoms with Gasteiger partial charge in [0.05, 0.1) is 56.2 Å². The first-order valence-electron chi connectivity index (χ1n) is 21.9. The Bertz CT molecular complexity index is 1540. The second kappa shape index (κ2) is 20.8. The van der Waals surface area contributed by atoms with E-state index in [0.29, 0.717) is 31.4 Å². The van der Waals surface area contributed by atoms with Gasteiger partial charge in [-0.2, -0.15) is 0 Å². The van der Waals surface area contributed by atoms with Crippen LogP contribution in [0, 0.1) is 23.6 Å². The first kappa shape index (κ1) is 32.6. The molecule has 0 saturated carbocycles. The number of aliphatic hydroxyl groups excluding tert-OH is 1. The highest BCUT2D eigenvalue weighted by atomic mass is 16.5. The number of aliphatic hydroxyl groups is 1. The summed E-state index contributed by atoms with van der Waals surface area (Å²) in [5.41, 5.74) is 0.639. The number of carbonyl (C=O) groups excluding carboxylic acids is 4. The third-order valence-electron chi connectivity index (χ3n) is 10.2. The Kier molecular flexibility index (Phi) is 13.3. The van der Waals surface area contributed by atoms with Gasteiger partial charge in [-0.15, -0.1) is 0 Å². The van der Waals surface area contributed by atoms with Crippen molar-refractivity contribution in [2.75, 3.05) is 34.9 Å². The van der Waals surface area contributed by atoms with Crippen LogP contribution in [0.1, 0.15) is 104 Å². The summed E-state index contributed by atoms with van der Waals surface area (Å²) < 4.78 is 79.1. The number of hydrogen-bond acceptors (Lipinski definition) is 8. The number of nitrogens with one attached hydrogen (secondary N) is 3. The number of hydrogen-bond donors (Lipinski definition) is 4. The maximum Gasteiger partial charge on any atom is 0.245 e. The van der Waals surface area contributed by atoms with Crippen LogP contribution in [0.15, 0.2) is 30.3 Å². The van der Waals surface area contributed by atoms with E-state index in [0.717, 1.165) is 4.90 Å². The summed E-state index contributed by atoms with van der Waals surface area (Å²) in [7, 11) is 5.40. The Morgan fingerprint density at radius 2 is 1.69 bits per heavy atom. The normalized spacial score (nSPS) is 23.8. The van der Waals surface area contributed by atoms with E-state index < -0.39 is 104 Å². The number of benzene rings is 1.